The molecule has 4 heteroatoms. The third-order valence-electron chi connectivity index (χ3n) is 4.78. The van der Waals surface area contributed by atoms with Crippen LogP contribution in [0.3, 0.4) is 0 Å². The van der Waals surface area contributed by atoms with E-state index in [-0.39, 0.29) is 0 Å². The average molecular weight is 262 g/mol. The summed E-state index contributed by atoms with van der Waals surface area (Å²) in [5.41, 5.74) is 2.64. The molecule has 0 spiro atoms. The van der Waals surface area contributed by atoms with Crippen LogP contribution in [0.15, 0.2) is 0 Å². The van der Waals surface area contributed by atoms with Crippen LogP contribution >= 0.6 is 0 Å². The first-order chi connectivity index (χ1) is 9.25. The van der Waals surface area contributed by atoms with Crippen molar-refractivity contribution in [1.82, 2.24) is 20.2 Å². The van der Waals surface area contributed by atoms with E-state index < -0.39 is 0 Å². The van der Waals surface area contributed by atoms with E-state index in [1.165, 1.54) is 42.9 Å². The summed E-state index contributed by atoms with van der Waals surface area (Å²) in [6.07, 6.45) is 5.40. The second-order valence-electron chi connectivity index (χ2n) is 6.08. The average Bonchev–Trinajstić information content (AvgIpc) is 3.08. The minimum Gasteiger partial charge on any atom is -0.345 e. The van der Waals surface area contributed by atoms with Crippen LogP contribution in [-0.4, -0.2) is 41.0 Å². The van der Waals surface area contributed by atoms with Crippen LogP contribution in [0.5, 0.6) is 0 Å². The number of aromatic nitrogens is 2. The van der Waals surface area contributed by atoms with E-state index in [4.69, 9.17) is 4.98 Å². The normalized spacial score (nSPS) is 23.9. The van der Waals surface area contributed by atoms with Gasteiger partial charge in [-0.25, -0.2) is 4.98 Å². The smallest absolute Gasteiger partial charge is 0.123 e. The molecule has 19 heavy (non-hydrogen) atoms. The van der Waals surface area contributed by atoms with Crippen molar-refractivity contribution in [3.63, 3.8) is 0 Å². The highest BCUT2D eigenvalue weighted by atomic mass is 15.2. The van der Waals surface area contributed by atoms with E-state index in [0.717, 1.165) is 26.2 Å². The maximum absolute atomic E-state index is 4.95. The van der Waals surface area contributed by atoms with Crippen molar-refractivity contribution in [2.75, 3.05) is 26.2 Å². The van der Waals surface area contributed by atoms with Crippen LogP contribution in [0.1, 0.15) is 61.8 Å². The predicted molar refractivity (Wildman–Crippen MR) is 77.4 cm³/mol. The van der Waals surface area contributed by atoms with Crippen LogP contribution in [0.4, 0.5) is 0 Å². The Balaban J connectivity index is 1.75. The summed E-state index contributed by atoms with van der Waals surface area (Å²) < 4.78 is 0. The molecule has 1 saturated heterocycles. The Kier molecular flexibility index (Phi) is 3.89. The number of nitrogens with zero attached hydrogens (tertiary/aromatic N) is 2. The molecule has 1 aliphatic carbocycles. The third-order valence-corrected chi connectivity index (χ3v) is 4.78. The van der Waals surface area contributed by atoms with Gasteiger partial charge in [-0.1, -0.05) is 12.8 Å². The monoisotopic (exact) mass is 262 g/mol. The van der Waals surface area contributed by atoms with Crippen molar-refractivity contribution < 1.29 is 0 Å². The lowest BCUT2D eigenvalue weighted by atomic mass is 10.0. The highest BCUT2D eigenvalue weighted by molar-refractivity contribution is 5.20. The van der Waals surface area contributed by atoms with E-state index in [1.54, 1.807) is 0 Å². The molecular weight excluding hydrogens is 236 g/mol. The molecule has 1 unspecified atom stereocenters. The second kappa shape index (κ2) is 5.63. The van der Waals surface area contributed by atoms with Gasteiger partial charge in [0, 0.05) is 37.8 Å². The Morgan fingerprint density at radius 3 is 2.58 bits per heavy atom. The van der Waals surface area contributed by atoms with Gasteiger partial charge in [0.05, 0.1) is 11.7 Å². The lowest BCUT2D eigenvalue weighted by Crippen LogP contribution is -2.44. The third kappa shape index (κ3) is 2.70. The molecule has 2 N–H and O–H groups in total. The van der Waals surface area contributed by atoms with Gasteiger partial charge in [-0.3, -0.25) is 4.90 Å². The fraction of sp³-hybridized carbons (Fsp3) is 0.800. The number of aromatic amines is 1. The van der Waals surface area contributed by atoms with E-state index in [9.17, 15) is 0 Å². The minimum absolute atomic E-state index is 0.413. The van der Waals surface area contributed by atoms with Gasteiger partial charge in [0.2, 0.25) is 0 Å². The molecule has 2 fully saturated rings. The topological polar surface area (TPSA) is 44.0 Å². The number of piperazine rings is 1. The van der Waals surface area contributed by atoms with Crippen LogP contribution in [0.2, 0.25) is 0 Å². The summed E-state index contributed by atoms with van der Waals surface area (Å²) in [5, 5.41) is 3.41. The van der Waals surface area contributed by atoms with Gasteiger partial charge in [0.25, 0.3) is 0 Å². The van der Waals surface area contributed by atoms with Gasteiger partial charge in [0.1, 0.15) is 5.82 Å². The summed E-state index contributed by atoms with van der Waals surface area (Å²) in [6.45, 7) is 8.91. The molecule has 106 valence electrons. The van der Waals surface area contributed by atoms with Crippen LogP contribution in [0.25, 0.3) is 0 Å². The largest absolute Gasteiger partial charge is 0.345 e. The highest BCUT2D eigenvalue weighted by Gasteiger charge is 2.25. The maximum Gasteiger partial charge on any atom is 0.123 e. The zero-order chi connectivity index (χ0) is 13.2. The van der Waals surface area contributed by atoms with Crippen molar-refractivity contribution >= 4 is 0 Å². The first-order valence-electron chi connectivity index (χ1n) is 7.77. The predicted octanol–water partition coefficient (Wildman–Crippen LogP) is 2.34. The van der Waals surface area contributed by atoms with Crippen LogP contribution < -0.4 is 5.32 Å². The molecule has 2 heterocycles. The van der Waals surface area contributed by atoms with Gasteiger partial charge in [-0.2, -0.15) is 0 Å². The summed E-state index contributed by atoms with van der Waals surface area (Å²) in [4.78, 5) is 11.0. The number of aryl methyl sites for hydroxylation is 1. The molecule has 1 aliphatic heterocycles. The molecule has 1 atom stereocenters. The van der Waals surface area contributed by atoms with Gasteiger partial charge in [0.15, 0.2) is 0 Å². The molecule has 0 aromatic carbocycles. The first kappa shape index (κ1) is 13.1. The van der Waals surface area contributed by atoms with E-state index in [0.29, 0.717) is 12.0 Å². The zero-order valence-corrected chi connectivity index (χ0v) is 12.2. The van der Waals surface area contributed by atoms with Crippen molar-refractivity contribution in [2.24, 2.45) is 0 Å². The fourth-order valence-electron chi connectivity index (χ4n) is 3.53. The van der Waals surface area contributed by atoms with Crippen molar-refractivity contribution in [3.05, 3.63) is 17.2 Å². The van der Waals surface area contributed by atoms with Crippen molar-refractivity contribution in [3.8, 4) is 0 Å². The lowest BCUT2D eigenvalue weighted by Gasteiger charge is -2.31. The number of nitrogens with one attached hydrogen (secondary N) is 2. The summed E-state index contributed by atoms with van der Waals surface area (Å²) in [7, 11) is 0. The number of hydrogen-bond donors (Lipinski definition) is 2. The molecule has 0 amide bonds. The van der Waals surface area contributed by atoms with Crippen molar-refractivity contribution in [2.45, 2.75) is 51.5 Å². The van der Waals surface area contributed by atoms with E-state index in [2.05, 4.69) is 29.0 Å². The number of rotatable bonds is 3. The number of hydrogen-bond acceptors (Lipinski definition) is 3. The Hall–Kier alpha value is -0.870. The molecule has 2 aliphatic rings. The van der Waals surface area contributed by atoms with Gasteiger partial charge < -0.3 is 10.3 Å². The molecule has 1 aromatic rings. The Morgan fingerprint density at radius 1 is 1.21 bits per heavy atom. The van der Waals surface area contributed by atoms with Gasteiger partial charge in [-0.15, -0.1) is 0 Å². The Labute approximate surface area is 116 Å². The second-order valence-corrected chi connectivity index (χ2v) is 6.08. The molecule has 3 rings (SSSR count). The zero-order valence-electron chi connectivity index (χ0n) is 12.2. The van der Waals surface area contributed by atoms with Gasteiger partial charge in [-0.05, 0) is 26.7 Å². The van der Waals surface area contributed by atoms with Crippen molar-refractivity contribution in [1.29, 1.82) is 0 Å². The Morgan fingerprint density at radius 2 is 1.89 bits per heavy atom. The van der Waals surface area contributed by atoms with E-state index >= 15 is 0 Å². The summed E-state index contributed by atoms with van der Waals surface area (Å²) in [5.74, 6) is 1.88. The quantitative estimate of drug-likeness (QED) is 0.879. The Bertz CT molecular complexity index is 414. The number of imidazole rings is 1. The molecular formula is C15H26N4. The standard InChI is InChI=1S/C15H26N4/c1-11-14(13-5-3-4-6-13)18-15(17-11)12(2)19-9-7-16-8-10-19/h12-13,16H,3-10H2,1-2H3,(H,17,18). The first-order valence-corrected chi connectivity index (χ1v) is 7.77. The molecule has 0 radical (unpaired) electrons. The number of H-pyrrole nitrogens is 1. The SMILES string of the molecule is Cc1[nH]c(C(C)N2CCNCC2)nc1C1CCCC1. The maximum atomic E-state index is 4.95. The summed E-state index contributed by atoms with van der Waals surface area (Å²) >= 11 is 0. The lowest BCUT2D eigenvalue weighted by molar-refractivity contribution is 0.179. The molecule has 1 saturated carbocycles. The van der Waals surface area contributed by atoms with Crippen LogP contribution in [0, 0.1) is 6.92 Å². The van der Waals surface area contributed by atoms with Gasteiger partial charge >= 0.3 is 0 Å². The fourth-order valence-corrected chi connectivity index (χ4v) is 3.53. The molecule has 1 aromatic heterocycles. The van der Waals surface area contributed by atoms with E-state index in [1.807, 2.05) is 0 Å². The van der Waals surface area contributed by atoms with Crippen LogP contribution in [-0.2, 0) is 0 Å². The molecule has 0 bridgehead atoms. The highest BCUT2D eigenvalue weighted by Crippen LogP contribution is 2.35. The molecule has 4 nitrogen and oxygen atoms in total. The minimum atomic E-state index is 0.413. The summed E-state index contributed by atoms with van der Waals surface area (Å²) in [6, 6.07) is 0.413.